The largest absolute Gasteiger partial charge is 0.441 e. The molecular formula is C19H27Cl2N3O2. The Kier molecular flexibility index (Phi) is 9.13. The highest BCUT2D eigenvalue weighted by molar-refractivity contribution is 5.85. The maximum Gasteiger partial charge on any atom is 0.220 e. The van der Waals surface area contributed by atoms with E-state index in [0.29, 0.717) is 24.8 Å². The van der Waals surface area contributed by atoms with E-state index in [2.05, 4.69) is 29.5 Å². The molecule has 2 unspecified atom stereocenters. The van der Waals surface area contributed by atoms with Crippen molar-refractivity contribution >= 4 is 30.7 Å². The lowest BCUT2D eigenvalue weighted by molar-refractivity contribution is -0.122. The standard InChI is InChI=1S/C19H25N3O2.2ClH/c1-13-5-7-15(8-6-13)17-12-21-19(24-17)10-9-18(23)22-16-4-3-11-20-14(16)2;;/h5-8,12,14,16,20H,3-4,9-11H2,1-2H3,(H,22,23);2*1H. The third kappa shape index (κ3) is 6.01. The van der Waals surface area contributed by atoms with Crippen LogP contribution in [0.5, 0.6) is 0 Å². The SMILES string of the molecule is Cc1ccc(-c2cnc(CCC(=O)NC3CCCNC3C)o2)cc1.Cl.Cl. The number of amides is 1. The zero-order valence-corrected chi connectivity index (χ0v) is 16.8. The first-order valence-electron chi connectivity index (χ1n) is 8.66. The fraction of sp³-hybridized carbons (Fsp3) is 0.474. The summed E-state index contributed by atoms with van der Waals surface area (Å²) in [5.74, 6) is 1.41. The van der Waals surface area contributed by atoms with Crippen LogP contribution in [0.1, 0.15) is 37.6 Å². The van der Waals surface area contributed by atoms with E-state index in [1.54, 1.807) is 6.20 Å². The third-order valence-corrected chi connectivity index (χ3v) is 4.56. The number of piperidine rings is 1. The molecule has 1 fully saturated rings. The summed E-state index contributed by atoms with van der Waals surface area (Å²) in [6.45, 7) is 5.20. The van der Waals surface area contributed by atoms with Gasteiger partial charge in [0.25, 0.3) is 0 Å². The average molecular weight is 400 g/mol. The summed E-state index contributed by atoms with van der Waals surface area (Å²) >= 11 is 0. The number of aromatic nitrogens is 1. The van der Waals surface area contributed by atoms with Crippen molar-refractivity contribution in [3.63, 3.8) is 0 Å². The number of halogens is 2. The molecule has 26 heavy (non-hydrogen) atoms. The Morgan fingerprint density at radius 1 is 1.31 bits per heavy atom. The van der Waals surface area contributed by atoms with Gasteiger partial charge in [0.05, 0.1) is 6.20 Å². The molecule has 2 N–H and O–H groups in total. The second-order valence-electron chi connectivity index (χ2n) is 6.54. The van der Waals surface area contributed by atoms with Crippen molar-refractivity contribution in [2.45, 2.75) is 51.6 Å². The van der Waals surface area contributed by atoms with Crippen LogP contribution in [0.4, 0.5) is 0 Å². The summed E-state index contributed by atoms with van der Waals surface area (Å²) in [4.78, 5) is 16.4. The zero-order chi connectivity index (χ0) is 16.9. The number of aryl methyl sites for hydroxylation is 2. The van der Waals surface area contributed by atoms with E-state index in [-0.39, 0.29) is 36.8 Å². The molecule has 0 bridgehead atoms. The van der Waals surface area contributed by atoms with E-state index < -0.39 is 0 Å². The number of carbonyl (C=O) groups excluding carboxylic acids is 1. The second kappa shape index (κ2) is 10.6. The average Bonchev–Trinajstić information content (AvgIpc) is 3.05. The Hall–Kier alpha value is -1.56. The summed E-state index contributed by atoms with van der Waals surface area (Å²) in [6, 6.07) is 8.68. The third-order valence-electron chi connectivity index (χ3n) is 4.56. The van der Waals surface area contributed by atoms with Crippen LogP contribution in [0.15, 0.2) is 34.9 Å². The Bertz CT molecular complexity index is 688. The molecule has 2 heterocycles. The molecule has 0 spiro atoms. The molecule has 144 valence electrons. The summed E-state index contributed by atoms with van der Waals surface area (Å²) < 4.78 is 5.77. The fourth-order valence-electron chi connectivity index (χ4n) is 3.02. The first kappa shape index (κ1) is 22.5. The summed E-state index contributed by atoms with van der Waals surface area (Å²) in [7, 11) is 0. The minimum atomic E-state index is 0. The highest BCUT2D eigenvalue weighted by Gasteiger charge is 2.22. The maximum absolute atomic E-state index is 12.1. The molecule has 1 aliphatic heterocycles. The molecular weight excluding hydrogens is 373 g/mol. The molecule has 0 aliphatic carbocycles. The Balaban J connectivity index is 0.00000169. The number of hydrogen-bond donors (Lipinski definition) is 2. The van der Waals surface area contributed by atoms with E-state index in [0.717, 1.165) is 30.7 Å². The normalized spacial score (nSPS) is 19.2. The molecule has 3 rings (SSSR count). The van der Waals surface area contributed by atoms with Gasteiger partial charge < -0.3 is 15.1 Å². The molecule has 1 saturated heterocycles. The lowest BCUT2D eigenvalue weighted by atomic mass is 10.00. The molecule has 0 saturated carbocycles. The van der Waals surface area contributed by atoms with E-state index in [9.17, 15) is 4.79 Å². The lowest BCUT2D eigenvalue weighted by Crippen LogP contribution is -2.51. The van der Waals surface area contributed by atoms with Crippen LogP contribution in [0, 0.1) is 6.92 Å². The number of benzene rings is 1. The van der Waals surface area contributed by atoms with E-state index in [1.807, 2.05) is 24.3 Å². The van der Waals surface area contributed by atoms with Crippen molar-refractivity contribution in [3.05, 3.63) is 41.9 Å². The summed E-state index contributed by atoms with van der Waals surface area (Å²) in [5.41, 5.74) is 2.22. The smallest absolute Gasteiger partial charge is 0.220 e. The molecule has 7 heteroatoms. The molecule has 2 aromatic rings. The van der Waals surface area contributed by atoms with Gasteiger partial charge in [-0.2, -0.15) is 0 Å². The van der Waals surface area contributed by atoms with E-state index >= 15 is 0 Å². The van der Waals surface area contributed by atoms with Crippen LogP contribution >= 0.6 is 24.8 Å². The van der Waals surface area contributed by atoms with Gasteiger partial charge in [-0.15, -0.1) is 24.8 Å². The molecule has 1 aromatic carbocycles. The van der Waals surface area contributed by atoms with Crippen molar-refractivity contribution in [2.24, 2.45) is 0 Å². The van der Waals surface area contributed by atoms with E-state index in [1.165, 1.54) is 5.56 Å². The monoisotopic (exact) mass is 399 g/mol. The number of nitrogens with one attached hydrogen (secondary N) is 2. The molecule has 1 amide bonds. The predicted molar refractivity (Wildman–Crippen MR) is 108 cm³/mol. The number of hydrogen-bond acceptors (Lipinski definition) is 4. The van der Waals surface area contributed by atoms with Gasteiger partial charge in [-0.25, -0.2) is 4.98 Å². The highest BCUT2D eigenvalue weighted by atomic mass is 35.5. The number of oxazole rings is 1. The van der Waals surface area contributed by atoms with Crippen LogP contribution in [-0.2, 0) is 11.2 Å². The van der Waals surface area contributed by atoms with Gasteiger partial charge in [-0.05, 0) is 33.2 Å². The lowest BCUT2D eigenvalue weighted by Gasteiger charge is -2.30. The van der Waals surface area contributed by atoms with Gasteiger partial charge in [-0.3, -0.25) is 4.79 Å². The molecule has 5 nitrogen and oxygen atoms in total. The van der Waals surface area contributed by atoms with Gasteiger partial charge in [0.2, 0.25) is 5.91 Å². The molecule has 1 aliphatic rings. The van der Waals surface area contributed by atoms with Crippen molar-refractivity contribution in [2.75, 3.05) is 6.54 Å². The van der Waals surface area contributed by atoms with Crippen LogP contribution in [0.3, 0.4) is 0 Å². The predicted octanol–water partition coefficient (Wildman–Crippen LogP) is 3.68. The minimum Gasteiger partial charge on any atom is -0.441 e. The van der Waals surface area contributed by atoms with Crippen molar-refractivity contribution in [1.82, 2.24) is 15.6 Å². The van der Waals surface area contributed by atoms with Crippen LogP contribution < -0.4 is 10.6 Å². The van der Waals surface area contributed by atoms with Gasteiger partial charge >= 0.3 is 0 Å². The zero-order valence-electron chi connectivity index (χ0n) is 15.2. The maximum atomic E-state index is 12.1. The Morgan fingerprint density at radius 3 is 2.73 bits per heavy atom. The molecule has 2 atom stereocenters. The van der Waals surface area contributed by atoms with Gasteiger partial charge in [0.1, 0.15) is 0 Å². The van der Waals surface area contributed by atoms with E-state index in [4.69, 9.17) is 4.42 Å². The number of rotatable bonds is 5. The topological polar surface area (TPSA) is 67.2 Å². The van der Waals surface area contributed by atoms with Crippen molar-refractivity contribution in [1.29, 1.82) is 0 Å². The number of carbonyl (C=O) groups is 1. The fourth-order valence-corrected chi connectivity index (χ4v) is 3.02. The van der Waals surface area contributed by atoms with Crippen molar-refractivity contribution < 1.29 is 9.21 Å². The number of nitrogens with zero attached hydrogens (tertiary/aromatic N) is 1. The first-order valence-corrected chi connectivity index (χ1v) is 8.66. The minimum absolute atomic E-state index is 0. The second-order valence-corrected chi connectivity index (χ2v) is 6.54. The van der Waals surface area contributed by atoms with Crippen molar-refractivity contribution in [3.8, 4) is 11.3 Å². The Labute approximate surface area is 167 Å². The van der Waals surface area contributed by atoms with Gasteiger partial charge in [-0.1, -0.05) is 29.8 Å². The van der Waals surface area contributed by atoms with Crippen LogP contribution in [0.25, 0.3) is 11.3 Å². The van der Waals surface area contributed by atoms with Crippen LogP contribution in [0.2, 0.25) is 0 Å². The summed E-state index contributed by atoms with van der Waals surface area (Å²) in [5, 5.41) is 6.50. The van der Waals surface area contributed by atoms with Crippen LogP contribution in [-0.4, -0.2) is 29.5 Å². The first-order chi connectivity index (χ1) is 11.6. The van der Waals surface area contributed by atoms with Gasteiger partial charge in [0, 0.05) is 30.5 Å². The highest BCUT2D eigenvalue weighted by Crippen LogP contribution is 2.21. The molecule has 1 aromatic heterocycles. The Morgan fingerprint density at radius 2 is 2.04 bits per heavy atom. The molecule has 0 radical (unpaired) electrons. The van der Waals surface area contributed by atoms with Gasteiger partial charge in [0.15, 0.2) is 11.7 Å². The summed E-state index contributed by atoms with van der Waals surface area (Å²) in [6.07, 6.45) is 4.79. The quantitative estimate of drug-likeness (QED) is 0.804.